The van der Waals surface area contributed by atoms with Crippen LogP contribution in [0.4, 0.5) is 4.39 Å². The smallest absolute Gasteiger partial charge is 0.191 e. The van der Waals surface area contributed by atoms with Gasteiger partial charge in [0.2, 0.25) is 0 Å². The van der Waals surface area contributed by atoms with Crippen LogP contribution in [0.1, 0.15) is 38.9 Å². The molecule has 1 aromatic rings. The molecule has 3 N–H and O–H groups in total. The lowest BCUT2D eigenvalue weighted by Gasteiger charge is -2.14. The molecule has 0 saturated carbocycles. The summed E-state index contributed by atoms with van der Waals surface area (Å²) in [5.41, 5.74) is 0.782. The van der Waals surface area contributed by atoms with E-state index in [9.17, 15) is 9.50 Å². The van der Waals surface area contributed by atoms with Gasteiger partial charge in [-0.3, -0.25) is 9.38 Å². The third-order valence-corrected chi connectivity index (χ3v) is 3.01. The van der Waals surface area contributed by atoms with Crippen LogP contribution in [-0.2, 0) is 0 Å². The van der Waals surface area contributed by atoms with Crippen LogP contribution >= 0.6 is 0 Å². The molecule has 0 spiro atoms. The second-order valence-corrected chi connectivity index (χ2v) is 5.44. The predicted octanol–water partition coefficient (Wildman–Crippen LogP) is 2.42. The van der Waals surface area contributed by atoms with Gasteiger partial charge in [-0.1, -0.05) is 12.1 Å². The zero-order chi connectivity index (χ0) is 17.1. The van der Waals surface area contributed by atoms with Crippen LogP contribution in [0, 0.1) is 0 Å². The normalized spacial score (nSPS) is 13.0. The van der Waals surface area contributed by atoms with E-state index in [1.54, 1.807) is 0 Å². The second-order valence-electron chi connectivity index (χ2n) is 5.44. The Morgan fingerprint density at radius 1 is 1.26 bits per heavy atom. The van der Waals surface area contributed by atoms with Crippen LogP contribution in [0.15, 0.2) is 29.3 Å². The third kappa shape index (κ3) is 7.83. The maximum atomic E-state index is 12.1. The first-order chi connectivity index (χ1) is 11.1. The highest BCUT2D eigenvalue weighted by atomic mass is 19.1. The Balaban J connectivity index is 2.57. The van der Waals surface area contributed by atoms with Gasteiger partial charge in [0.15, 0.2) is 5.96 Å². The molecule has 0 aromatic heterocycles. The molecule has 1 rings (SSSR count). The van der Waals surface area contributed by atoms with Gasteiger partial charge < -0.3 is 20.5 Å². The van der Waals surface area contributed by atoms with E-state index in [0.29, 0.717) is 25.5 Å². The van der Waals surface area contributed by atoms with E-state index in [1.165, 1.54) is 0 Å². The molecule has 0 aliphatic carbocycles. The summed E-state index contributed by atoms with van der Waals surface area (Å²) in [6.07, 6.45) is -0.141. The van der Waals surface area contributed by atoms with Crippen LogP contribution < -0.4 is 15.4 Å². The van der Waals surface area contributed by atoms with Crippen molar-refractivity contribution in [3.05, 3.63) is 29.8 Å². The van der Waals surface area contributed by atoms with Crippen molar-refractivity contribution in [3.63, 3.8) is 0 Å². The molecule has 1 unspecified atom stereocenters. The maximum absolute atomic E-state index is 12.1. The minimum absolute atomic E-state index is 0.119. The summed E-state index contributed by atoms with van der Waals surface area (Å²) in [5, 5.41) is 16.3. The van der Waals surface area contributed by atoms with Gasteiger partial charge in [-0.2, -0.15) is 0 Å². The molecule has 1 aromatic carbocycles. The van der Waals surface area contributed by atoms with Crippen LogP contribution in [-0.4, -0.2) is 43.5 Å². The van der Waals surface area contributed by atoms with E-state index in [-0.39, 0.29) is 19.3 Å². The fourth-order valence-electron chi connectivity index (χ4n) is 1.94. The summed E-state index contributed by atoms with van der Waals surface area (Å²) in [6.45, 7) is 6.98. The van der Waals surface area contributed by atoms with E-state index in [0.717, 1.165) is 11.3 Å². The summed E-state index contributed by atoms with van der Waals surface area (Å²) >= 11 is 0. The number of guanidine groups is 1. The highest BCUT2D eigenvalue weighted by Crippen LogP contribution is 2.19. The van der Waals surface area contributed by atoms with Crippen LogP contribution in [0.5, 0.6) is 5.75 Å². The van der Waals surface area contributed by atoms with Gasteiger partial charge in [-0.25, -0.2) is 0 Å². The van der Waals surface area contributed by atoms with E-state index in [2.05, 4.69) is 15.6 Å². The SMILES string of the molecule is CCNC(=NCC(O)c1ccc(OC(C)C)cc1)NCCCF. The highest BCUT2D eigenvalue weighted by Gasteiger charge is 2.08. The summed E-state index contributed by atoms with van der Waals surface area (Å²) in [5.74, 6) is 1.36. The first-order valence-electron chi connectivity index (χ1n) is 8.09. The number of ether oxygens (including phenoxy) is 1. The van der Waals surface area contributed by atoms with Gasteiger partial charge in [0.05, 0.1) is 25.4 Å². The van der Waals surface area contributed by atoms with Gasteiger partial charge in [-0.15, -0.1) is 0 Å². The molecule has 1 atom stereocenters. The second kappa shape index (κ2) is 10.8. The minimum Gasteiger partial charge on any atom is -0.491 e. The molecule has 130 valence electrons. The molecule has 0 heterocycles. The first-order valence-corrected chi connectivity index (χ1v) is 8.09. The number of nitrogens with one attached hydrogen (secondary N) is 2. The maximum Gasteiger partial charge on any atom is 0.191 e. The Morgan fingerprint density at radius 3 is 2.52 bits per heavy atom. The molecular weight excluding hydrogens is 297 g/mol. The lowest BCUT2D eigenvalue weighted by Crippen LogP contribution is -2.38. The zero-order valence-corrected chi connectivity index (χ0v) is 14.2. The Bertz CT molecular complexity index is 463. The third-order valence-electron chi connectivity index (χ3n) is 3.01. The number of nitrogens with zero attached hydrogens (tertiary/aromatic N) is 1. The zero-order valence-electron chi connectivity index (χ0n) is 14.2. The highest BCUT2D eigenvalue weighted by molar-refractivity contribution is 5.79. The molecule has 6 heteroatoms. The number of aliphatic imine (C=N–C) groups is 1. The van der Waals surface area contributed by atoms with E-state index >= 15 is 0 Å². The van der Waals surface area contributed by atoms with E-state index in [1.807, 2.05) is 45.0 Å². The Labute approximate surface area is 138 Å². The fraction of sp³-hybridized carbons (Fsp3) is 0.588. The lowest BCUT2D eigenvalue weighted by atomic mass is 10.1. The molecule has 5 nitrogen and oxygen atoms in total. The predicted molar refractivity (Wildman–Crippen MR) is 91.7 cm³/mol. The number of aliphatic hydroxyl groups is 1. The molecule has 0 aliphatic heterocycles. The molecule has 0 amide bonds. The minimum atomic E-state index is -0.695. The van der Waals surface area contributed by atoms with Crippen molar-refractivity contribution in [1.82, 2.24) is 10.6 Å². The number of hydrogen-bond donors (Lipinski definition) is 3. The van der Waals surface area contributed by atoms with Crippen molar-refractivity contribution in [1.29, 1.82) is 0 Å². The quantitative estimate of drug-likeness (QED) is 0.371. The van der Waals surface area contributed by atoms with Crippen LogP contribution in [0.3, 0.4) is 0 Å². The van der Waals surface area contributed by atoms with Crippen molar-refractivity contribution in [2.45, 2.75) is 39.4 Å². The number of aliphatic hydroxyl groups excluding tert-OH is 1. The number of alkyl halides is 1. The summed E-state index contributed by atoms with van der Waals surface area (Å²) in [6, 6.07) is 7.35. The number of rotatable bonds is 9. The molecule has 0 radical (unpaired) electrons. The summed E-state index contributed by atoms with van der Waals surface area (Å²) in [7, 11) is 0. The topological polar surface area (TPSA) is 65.9 Å². The summed E-state index contributed by atoms with van der Waals surface area (Å²) in [4.78, 5) is 4.32. The molecule has 23 heavy (non-hydrogen) atoms. The molecule has 0 fully saturated rings. The number of benzene rings is 1. The number of halogens is 1. The van der Waals surface area contributed by atoms with Gasteiger partial charge in [0.25, 0.3) is 0 Å². The standard InChI is InChI=1S/C17H28FN3O2/c1-4-19-17(20-11-5-10-18)21-12-16(22)14-6-8-15(9-7-14)23-13(2)3/h6-9,13,16,22H,4-5,10-12H2,1-3H3,(H2,19,20,21). The lowest BCUT2D eigenvalue weighted by molar-refractivity contribution is 0.186. The Hall–Kier alpha value is -1.82. The largest absolute Gasteiger partial charge is 0.491 e. The van der Waals surface area contributed by atoms with Crippen molar-refractivity contribution >= 4 is 5.96 Å². The monoisotopic (exact) mass is 325 g/mol. The van der Waals surface area contributed by atoms with E-state index < -0.39 is 6.10 Å². The average Bonchev–Trinajstić information content (AvgIpc) is 2.52. The van der Waals surface area contributed by atoms with Crippen molar-refractivity contribution in [2.24, 2.45) is 4.99 Å². The molecule has 0 bridgehead atoms. The van der Waals surface area contributed by atoms with Gasteiger partial charge >= 0.3 is 0 Å². The van der Waals surface area contributed by atoms with E-state index in [4.69, 9.17) is 4.74 Å². The molecule has 0 saturated heterocycles. The Morgan fingerprint density at radius 2 is 1.96 bits per heavy atom. The molecule has 0 aliphatic rings. The first kappa shape index (κ1) is 19.2. The van der Waals surface area contributed by atoms with Crippen LogP contribution in [0.25, 0.3) is 0 Å². The average molecular weight is 325 g/mol. The van der Waals surface area contributed by atoms with Crippen molar-refractivity contribution in [3.8, 4) is 5.75 Å². The van der Waals surface area contributed by atoms with Gasteiger partial charge in [0, 0.05) is 13.1 Å². The van der Waals surface area contributed by atoms with Gasteiger partial charge in [-0.05, 0) is 44.9 Å². The van der Waals surface area contributed by atoms with Gasteiger partial charge in [0.1, 0.15) is 5.75 Å². The van der Waals surface area contributed by atoms with Crippen molar-refractivity contribution < 1.29 is 14.2 Å². The van der Waals surface area contributed by atoms with Crippen molar-refractivity contribution in [2.75, 3.05) is 26.3 Å². The van der Waals surface area contributed by atoms with Crippen LogP contribution in [0.2, 0.25) is 0 Å². The Kier molecular flexibility index (Phi) is 9.05. The summed E-state index contributed by atoms with van der Waals surface area (Å²) < 4.78 is 17.7. The fourth-order valence-corrected chi connectivity index (χ4v) is 1.94. The number of hydrogen-bond acceptors (Lipinski definition) is 3. The molecular formula is C17H28FN3O2.